The summed E-state index contributed by atoms with van der Waals surface area (Å²) in [5.74, 6) is 1.15. The van der Waals surface area contributed by atoms with Crippen LogP contribution < -0.4 is 0 Å². The summed E-state index contributed by atoms with van der Waals surface area (Å²) >= 11 is 0. The lowest BCUT2D eigenvalue weighted by atomic mass is 10.1. The summed E-state index contributed by atoms with van der Waals surface area (Å²) in [7, 11) is 0. The van der Waals surface area contributed by atoms with Crippen LogP contribution in [0.5, 0.6) is 0 Å². The molecule has 1 aromatic rings. The molecule has 0 radical (unpaired) electrons. The molecule has 6 nitrogen and oxygen atoms in total. The molecule has 2 aliphatic rings. The monoisotopic (exact) mass is 322 g/mol. The quantitative estimate of drug-likeness (QED) is 0.806. The minimum Gasteiger partial charge on any atom is -0.445 e. The van der Waals surface area contributed by atoms with E-state index in [4.69, 9.17) is 13.9 Å². The molecule has 0 bridgehead atoms. The van der Waals surface area contributed by atoms with Gasteiger partial charge in [0, 0.05) is 26.3 Å². The molecule has 2 fully saturated rings. The van der Waals surface area contributed by atoms with Crippen LogP contribution in [-0.4, -0.2) is 48.2 Å². The molecule has 0 saturated carbocycles. The molecule has 6 heteroatoms. The molecule has 1 amide bonds. The summed E-state index contributed by atoms with van der Waals surface area (Å²) in [4.78, 5) is 18.7. The van der Waals surface area contributed by atoms with Gasteiger partial charge in [-0.3, -0.25) is 4.79 Å². The molecule has 0 N–H and O–H groups in total. The first-order valence-corrected chi connectivity index (χ1v) is 8.61. The van der Waals surface area contributed by atoms with Crippen LogP contribution in [0, 0.1) is 5.92 Å². The van der Waals surface area contributed by atoms with Crippen molar-refractivity contribution < 1.29 is 18.7 Å². The van der Waals surface area contributed by atoms with E-state index in [1.807, 2.05) is 4.90 Å². The van der Waals surface area contributed by atoms with E-state index in [0.717, 1.165) is 32.3 Å². The Morgan fingerprint density at radius 3 is 3.09 bits per heavy atom. The lowest BCUT2D eigenvalue weighted by Crippen LogP contribution is -2.31. The maximum absolute atomic E-state index is 12.7. The number of hydrogen-bond acceptors (Lipinski definition) is 5. The Bertz CT molecular complexity index is 522. The Kier molecular flexibility index (Phi) is 5.33. The summed E-state index contributed by atoms with van der Waals surface area (Å²) in [6.07, 6.45) is 5.17. The molecule has 128 valence electrons. The fraction of sp³-hybridized carbons (Fsp3) is 0.765. The summed E-state index contributed by atoms with van der Waals surface area (Å²) < 4.78 is 16.9. The zero-order chi connectivity index (χ0) is 16.2. The smallest absolute Gasteiger partial charge is 0.276 e. The second kappa shape index (κ2) is 7.45. The molecule has 3 heterocycles. The van der Waals surface area contributed by atoms with Crippen molar-refractivity contribution in [1.29, 1.82) is 0 Å². The Morgan fingerprint density at radius 2 is 2.35 bits per heavy atom. The van der Waals surface area contributed by atoms with E-state index in [9.17, 15) is 4.79 Å². The topological polar surface area (TPSA) is 64.8 Å². The third kappa shape index (κ3) is 3.93. The average molecular weight is 322 g/mol. The maximum Gasteiger partial charge on any atom is 0.276 e. The van der Waals surface area contributed by atoms with E-state index in [-0.39, 0.29) is 18.1 Å². The Morgan fingerprint density at radius 1 is 1.48 bits per heavy atom. The normalized spacial score (nSPS) is 24.7. The van der Waals surface area contributed by atoms with Crippen LogP contribution >= 0.6 is 0 Å². The number of oxazole rings is 1. The number of carbonyl (C=O) groups is 1. The van der Waals surface area contributed by atoms with Crippen LogP contribution in [-0.2, 0) is 9.47 Å². The van der Waals surface area contributed by atoms with Crippen LogP contribution in [0.2, 0.25) is 0 Å². The van der Waals surface area contributed by atoms with E-state index >= 15 is 0 Å². The number of ether oxygens (including phenoxy) is 2. The zero-order valence-electron chi connectivity index (χ0n) is 14.0. The highest BCUT2D eigenvalue weighted by Crippen LogP contribution is 2.31. The predicted molar refractivity (Wildman–Crippen MR) is 84.1 cm³/mol. The zero-order valence-corrected chi connectivity index (χ0v) is 14.0. The number of rotatable bonds is 6. The lowest BCUT2D eigenvalue weighted by molar-refractivity contribution is 0.0478. The highest BCUT2D eigenvalue weighted by atomic mass is 16.5. The molecule has 2 aliphatic heterocycles. The molecule has 2 saturated heterocycles. The molecule has 1 aromatic heterocycles. The first-order chi connectivity index (χ1) is 11.1. The van der Waals surface area contributed by atoms with Crippen LogP contribution in [0.3, 0.4) is 0 Å². The van der Waals surface area contributed by atoms with Crippen LogP contribution in [0.15, 0.2) is 10.8 Å². The number of carbonyl (C=O) groups excluding carboxylic acids is 1. The maximum atomic E-state index is 12.7. The third-order valence-electron chi connectivity index (χ3n) is 4.50. The first-order valence-electron chi connectivity index (χ1n) is 8.61. The predicted octanol–water partition coefficient (Wildman–Crippen LogP) is 2.80. The van der Waals surface area contributed by atoms with Gasteiger partial charge < -0.3 is 18.8 Å². The standard InChI is InChI=1S/C17H26N2O4/c1-12(2)6-9-21-13-5-7-19(10-13)17(20)15-16(23-11-18-15)14-4-3-8-22-14/h11-14H,3-10H2,1-2H3. The minimum absolute atomic E-state index is 0.0702. The van der Waals surface area contributed by atoms with Gasteiger partial charge in [-0.15, -0.1) is 0 Å². The van der Waals surface area contributed by atoms with E-state index < -0.39 is 0 Å². The molecule has 0 aromatic carbocycles. The van der Waals surface area contributed by atoms with Crippen molar-refractivity contribution in [3.63, 3.8) is 0 Å². The van der Waals surface area contributed by atoms with Gasteiger partial charge in [-0.1, -0.05) is 13.8 Å². The highest BCUT2D eigenvalue weighted by molar-refractivity contribution is 5.93. The number of hydrogen-bond donors (Lipinski definition) is 0. The molecule has 3 rings (SSSR count). The van der Waals surface area contributed by atoms with Gasteiger partial charge >= 0.3 is 0 Å². The van der Waals surface area contributed by atoms with E-state index in [0.29, 0.717) is 37.1 Å². The highest BCUT2D eigenvalue weighted by Gasteiger charge is 2.33. The number of nitrogens with zero attached hydrogens (tertiary/aromatic N) is 2. The summed E-state index contributed by atoms with van der Waals surface area (Å²) in [5.41, 5.74) is 0.403. The number of amides is 1. The minimum atomic E-state index is -0.128. The van der Waals surface area contributed by atoms with Crippen LogP contribution in [0.25, 0.3) is 0 Å². The van der Waals surface area contributed by atoms with Crippen molar-refractivity contribution in [2.45, 2.75) is 51.7 Å². The van der Waals surface area contributed by atoms with Crippen molar-refractivity contribution in [3.05, 3.63) is 17.8 Å². The first kappa shape index (κ1) is 16.5. The van der Waals surface area contributed by atoms with Crippen molar-refractivity contribution in [2.24, 2.45) is 5.92 Å². The molecular weight excluding hydrogens is 296 g/mol. The van der Waals surface area contributed by atoms with Crippen molar-refractivity contribution in [2.75, 3.05) is 26.3 Å². The molecule has 0 aliphatic carbocycles. The van der Waals surface area contributed by atoms with Gasteiger partial charge in [-0.25, -0.2) is 4.98 Å². The Balaban J connectivity index is 1.56. The molecular formula is C17H26N2O4. The third-order valence-corrected chi connectivity index (χ3v) is 4.50. The largest absolute Gasteiger partial charge is 0.445 e. The number of likely N-dealkylation sites (tertiary alicyclic amines) is 1. The van der Waals surface area contributed by atoms with Gasteiger partial charge in [-0.2, -0.15) is 0 Å². The van der Waals surface area contributed by atoms with Gasteiger partial charge in [0.05, 0.1) is 6.10 Å². The van der Waals surface area contributed by atoms with E-state index in [2.05, 4.69) is 18.8 Å². The summed E-state index contributed by atoms with van der Waals surface area (Å²) in [6, 6.07) is 0. The van der Waals surface area contributed by atoms with Gasteiger partial charge in [0.15, 0.2) is 17.8 Å². The summed E-state index contributed by atoms with van der Waals surface area (Å²) in [6.45, 7) is 7.19. The van der Waals surface area contributed by atoms with Gasteiger partial charge in [0.25, 0.3) is 5.91 Å². The number of aromatic nitrogens is 1. The second-order valence-corrected chi connectivity index (χ2v) is 6.78. The average Bonchev–Trinajstić information content (AvgIpc) is 3.26. The van der Waals surface area contributed by atoms with Crippen LogP contribution in [0.1, 0.15) is 61.9 Å². The summed E-state index contributed by atoms with van der Waals surface area (Å²) in [5, 5.41) is 0. The molecule has 2 atom stereocenters. The van der Waals surface area contributed by atoms with Gasteiger partial charge in [-0.05, 0) is 31.6 Å². The van der Waals surface area contributed by atoms with Crippen molar-refractivity contribution in [1.82, 2.24) is 9.88 Å². The fourth-order valence-corrected chi connectivity index (χ4v) is 3.10. The second-order valence-electron chi connectivity index (χ2n) is 6.78. The van der Waals surface area contributed by atoms with E-state index in [1.54, 1.807) is 0 Å². The van der Waals surface area contributed by atoms with Crippen molar-refractivity contribution in [3.8, 4) is 0 Å². The fourth-order valence-electron chi connectivity index (χ4n) is 3.10. The molecule has 23 heavy (non-hydrogen) atoms. The van der Waals surface area contributed by atoms with Gasteiger partial charge in [0.1, 0.15) is 6.10 Å². The molecule has 0 spiro atoms. The lowest BCUT2D eigenvalue weighted by Gasteiger charge is -2.17. The molecule has 2 unspecified atom stereocenters. The van der Waals surface area contributed by atoms with E-state index in [1.165, 1.54) is 6.39 Å². The van der Waals surface area contributed by atoms with Crippen molar-refractivity contribution >= 4 is 5.91 Å². The van der Waals surface area contributed by atoms with Gasteiger partial charge in [0.2, 0.25) is 0 Å². The Hall–Kier alpha value is -1.40. The Labute approximate surface area is 137 Å². The van der Waals surface area contributed by atoms with Crippen LogP contribution in [0.4, 0.5) is 0 Å². The SMILES string of the molecule is CC(C)CCOC1CCN(C(=O)c2ncoc2C2CCCO2)C1.